The first-order chi connectivity index (χ1) is 14.4. The highest BCUT2D eigenvalue weighted by atomic mass is 32.2. The van der Waals surface area contributed by atoms with Crippen molar-refractivity contribution in [2.75, 3.05) is 44.2 Å². The van der Waals surface area contributed by atoms with Gasteiger partial charge in [0, 0.05) is 44.6 Å². The number of piperidine rings is 1. The minimum atomic E-state index is -3.66. The van der Waals surface area contributed by atoms with Crippen molar-refractivity contribution in [1.29, 1.82) is 0 Å². The molecule has 0 aromatic heterocycles. The number of anilines is 2. The van der Waals surface area contributed by atoms with E-state index in [1.165, 1.54) is 20.2 Å². The van der Waals surface area contributed by atoms with E-state index in [0.29, 0.717) is 22.7 Å². The highest BCUT2D eigenvalue weighted by Crippen LogP contribution is 2.35. The number of sulfonamides is 1. The van der Waals surface area contributed by atoms with E-state index in [0.717, 1.165) is 42.3 Å². The highest BCUT2D eigenvalue weighted by Gasteiger charge is 2.24. The van der Waals surface area contributed by atoms with Crippen LogP contribution in [0.3, 0.4) is 0 Å². The van der Waals surface area contributed by atoms with Crippen molar-refractivity contribution in [2.45, 2.75) is 24.2 Å². The third kappa shape index (κ3) is 3.95. The van der Waals surface area contributed by atoms with Gasteiger partial charge in [-0.3, -0.25) is 4.79 Å². The lowest BCUT2D eigenvalue weighted by Gasteiger charge is -2.30. The molecule has 2 aliphatic heterocycles. The Morgan fingerprint density at radius 1 is 1.00 bits per heavy atom. The van der Waals surface area contributed by atoms with E-state index in [1.807, 2.05) is 0 Å². The Bertz CT molecular complexity index is 1060. The fourth-order valence-electron chi connectivity index (χ4n) is 3.65. The number of amides is 1. The van der Waals surface area contributed by atoms with Crippen molar-refractivity contribution >= 4 is 27.3 Å². The summed E-state index contributed by atoms with van der Waals surface area (Å²) in [6.07, 6.45) is 3.24. The minimum absolute atomic E-state index is 0.0871. The molecule has 0 unspecified atom stereocenters. The van der Waals surface area contributed by atoms with E-state index in [2.05, 4.69) is 10.2 Å². The Morgan fingerprint density at radius 3 is 2.47 bits per heavy atom. The van der Waals surface area contributed by atoms with E-state index in [1.54, 1.807) is 30.3 Å². The largest absolute Gasteiger partial charge is 0.454 e. The van der Waals surface area contributed by atoms with Crippen LogP contribution in [0.4, 0.5) is 11.4 Å². The average Bonchev–Trinajstić information content (AvgIpc) is 3.21. The number of nitrogens with one attached hydrogen (secondary N) is 1. The molecule has 2 aliphatic rings. The number of benzene rings is 2. The van der Waals surface area contributed by atoms with Gasteiger partial charge in [-0.15, -0.1) is 0 Å². The fraction of sp³-hybridized carbons (Fsp3) is 0.381. The average molecular weight is 432 g/mol. The Kier molecular flexibility index (Phi) is 5.57. The van der Waals surface area contributed by atoms with Crippen LogP contribution in [-0.2, 0) is 10.0 Å². The second-order valence-electron chi connectivity index (χ2n) is 7.54. The number of fused-ring (bicyclic) bond motifs is 1. The molecule has 2 aromatic carbocycles. The molecule has 1 fully saturated rings. The molecule has 1 N–H and O–H groups in total. The summed E-state index contributed by atoms with van der Waals surface area (Å²) in [4.78, 5) is 15.4. The van der Waals surface area contributed by atoms with E-state index in [4.69, 9.17) is 9.47 Å². The molecule has 4 rings (SSSR count). The summed E-state index contributed by atoms with van der Waals surface area (Å²) in [6, 6.07) is 9.92. The van der Waals surface area contributed by atoms with E-state index >= 15 is 0 Å². The van der Waals surface area contributed by atoms with Crippen molar-refractivity contribution < 1.29 is 22.7 Å². The normalized spacial score (nSPS) is 16.0. The van der Waals surface area contributed by atoms with Crippen LogP contribution in [0.25, 0.3) is 0 Å². The minimum Gasteiger partial charge on any atom is -0.454 e. The van der Waals surface area contributed by atoms with Gasteiger partial charge in [-0.25, -0.2) is 12.7 Å². The molecule has 9 heteroatoms. The third-order valence-corrected chi connectivity index (χ3v) is 7.13. The molecule has 30 heavy (non-hydrogen) atoms. The maximum atomic E-state index is 13.2. The van der Waals surface area contributed by atoms with Crippen LogP contribution in [0, 0.1) is 0 Å². The lowest BCUT2D eigenvalue weighted by atomic mass is 10.1. The molecule has 2 aromatic rings. The van der Waals surface area contributed by atoms with Gasteiger partial charge >= 0.3 is 0 Å². The molecule has 160 valence electrons. The van der Waals surface area contributed by atoms with Crippen LogP contribution < -0.4 is 19.7 Å². The molecular weight excluding hydrogens is 406 g/mol. The molecular formula is C21H25N3O5S. The number of carbonyl (C=O) groups is 1. The number of carbonyl (C=O) groups excluding carboxylic acids is 1. The number of rotatable bonds is 5. The van der Waals surface area contributed by atoms with Gasteiger partial charge in [-0.2, -0.15) is 0 Å². The molecule has 1 saturated heterocycles. The van der Waals surface area contributed by atoms with Gasteiger partial charge in [0.15, 0.2) is 11.5 Å². The van der Waals surface area contributed by atoms with E-state index in [9.17, 15) is 13.2 Å². The van der Waals surface area contributed by atoms with Crippen molar-refractivity contribution in [3.63, 3.8) is 0 Å². The quantitative estimate of drug-likeness (QED) is 0.783. The number of hydrogen-bond acceptors (Lipinski definition) is 6. The molecule has 8 nitrogen and oxygen atoms in total. The van der Waals surface area contributed by atoms with Crippen LogP contribution in [-0.4, -0.2) is 52.6 Å². The zero-order chi connectivity index (χ0) is 21.3. The smallest absolute Gasteiger partial charge is 0.257 e. The molecule has 0 spiro atoms. The third-order valence-electron chi connectivity index (χ3n) is 5.32. The first-order valence-electron chi connectivity index (χ1n) is 9.89. The monoisotopic (exact) mass is 431 g/mol. The first-order valence-corrected chi connectivity index (χ1v) is 11.3. The summed E-state index contributed by atoms with van der Waals surface area (Å²) in [6.45, 7) is 1.82. The Morgan fingerprint density at radius 2 is 1.73 bits per heavy atom. The van der Waals surface area contributed by atoms with Crippen LogP contribution in [0.2, 0.25) is 0 Å². The summed E-state index contributed by atoms with van der Waals surface area (Å²) in [5.74, 6) is 0.819. The number of nitrogens with zero attached hydrogens (tertiary/aromatic N) is 2. The van der Waals surface area contributed by atoms with E-state index in [-0.39, 0.29) is 17.6 Å². The SMILES string of the molecule is CN(C)S(=O)(=O)c1ccc(N2CCCCC2)c(C(=O)Nc2ccc3c(c2)OCO3)c1. The van der Waals surface area contributed by atoms with Crippen molar-refractivity contribution in [3.8, 4) is 11.5 Å². The molecule has 0 saturated carbocycles. The highest BCUT2D eigenvalue weighted by molar-refractivity contribution is 7.89. The lowest BCUT2D eigenvalue weighted by molar-refractivity contribution is 0.102. The predicted octanol–water partition coefficient (Wildman–Crippen LogP) is 2.91. The second kappa shape index (κ2) is 8.16. The Hall–Kier alpha value is -2.78. The van der Waals surface area contributed by atoms with Crippen LogP contribution in [0.5, 0.6) is 11.5 Å². The van der Waals surface area contributed by atoms with Crippen LogP contribution in [0.15, 0.2) is 41.3 Å². The van der Waals surface area contributed by atoms with Crippen LogP contribution >= 0.6 is 0 Å². The molecule has 0 aliphatic carbocycles. The van der Waals surface area contributed by atoms with Crippen molar-refractivity contribution in [1.82, 2.24) is 4.31 Å². The molecule has 1 amide bonds. The van der Waals surface area contributed by atoms with Crippen molar-refractivity contribution in [2.24, 2.45) is 0 Å². The van der Waals surface area contributed by atoms with Crippen molar-refractivity contribution in [3.05, 3.63) is 42.0 Å². The molecule has 0 bridgehead atoms. The van der Waals surface area contributed by atoms with Gasteiger partial charge in [-0.05, 0) is 49.6 Å². The maximum absolute atomic E-state index is 13.2. The van der Waals surface area contributed by atoms with Gasteiger partial charge in [0.1, 0.15) is 0 Å². The summed E-state index contributed by atoms with van der Waals surface area (Å²) < 4.78 is 37.1. The van der Waals surface area contributed by atoms with Gasteiger partial charge in [-0.1, -0.05) is 0 Å². The predicted molar refractivity (Wildman–Crippen MR) is 114 cm³/mol. The van der Waals surface area contributed by atoms with Gasteiger partial charge in [0.2, 0.25) is 16.8 Å². The van der Waals surface area contributed by atoms with E-state index < -0.39 is 10.0 Å². The second-order valence-corrected chi connectivity index (χ2v) is 9.69. The summed E-state index contributed by atoms with van der Waals surface area (Å²) in [5.41, 5.74) is 1.62. The standard InChI is InChI=1S/C21H25N3O5S/c1-23(2)30(26,27)16-7-8-18(24-10-4-3-5-11-24)17(13-16)21(25)22-15-6-9-19-20(12-15)29-14-28-19/h6-9,12-13H,3-5,10-11,14H2,1-2H3,(H,22,25). The maximum Gasteiger partial charge on any atom is 0.257 e. The fourth-order valence-corrected chi connectivity index (χ4v) is 4.58. The zero-order valence-electron chi connectivity index (χ0n) is 17.1. The summed E-state index contributed by atoms with van der Waals surface area (Å²) >= 11 is 0. The lowest BCUT2D eigenvalue weighted by Crippen LogP contribution is -2.32. The van der Waals surface area contributed by atoms with Gasteiger partial charge < -0.3 is 19.7 Å². The molecule has 0 radical (unpaired) electrons. The summed E-state index contributed by atoms with van der Waals surface area (Å²) in [7, 11) is -0.718. The molecule has 0 atom stereocenters. The van der Waals surface area contributed by atoms with Gasteiger partial charge in [0.25, 0.3) is 5.91 Å². The Labute approximate surface area is 176 Å². The van der Waals surface area contributed by atoms with Gasteiger partial charge in [0.05, 0.1) is 10.5 Å². The summed E-state index contributed by atoms with van der Waals surface area (Å²) in [5, 5.41) is 2.87. The topological polar surface area (TPSA) is 88.2 Å². The number of hydrogen-bond donors (Lipinski definition) is 1. The first kappa shape index (κ1) is 20.5. The number of ether oxygens (including phenoxy) is 2. The zero-order valence-corrected chi connectivity index (χ0v) is 17.9. The Balaban J connectivity index is 1.70. The van der Waals surface area contributed by atoms with Crippen LogP contribution in [0.1, 0.15) is 29.6 Å². The molecule has 2 heterocycles.